The van der Waals surface area contributed by atoms with E-state index in [0.717, 1.165) is 5.56 Å². The largest absolute Gasteiger partial charge is 0.352 e. The molecule has 2 aromatic rings. The second-order valence-corrected chi connectivity index (χ2v) is 7.47. The molecule has 0 saturated carbocycles. The van der Waals surface area contributed by atoms with Gasteiger partial charge in [0.25, 0.3) is 0 Å². The number of pyridine rings is 1. The van der Waals surface area contributed by atoms with E-state index in [-0.39, 0.29) is 36.0 Å². The van der Waals surface area contributed by atoms with Gasteiger partial charge in [-0.15, -0.1) is 0 Å². The van der Waals surface area contributed by atoms with Gasteiger partial charge in [0.05, 0.1) is 18.2 Å². The fourth-order valence-electron chi connectivity index (χ4n) is 3.83. The van der Waals surface area contributed by atoms with Crippen LogP contribution in [0.5, 0.6) is 0 Å². The zero-order valence-corrected chi connectivity index (χ0v) is 15.6. The van der Waals surface area contributed by atoms with Gasteiger partial charge < -0.3 is 10.2 Å². The number of carbonyl (C=O) groups excluding carboxylic acids is 2. The molecule has 0 radical (unpaired) electrons. The van der Waals surface area contributed by atoms with Gasteiger partial charge in [-0.25, -0.2) is 4.39 Å². The van der Waals surface area contributed by atoms with Crippen molar-refractivity contribution in [3.8, 4) is 0 Å². The van der Waals surface area contributed by atoms with Gasteiger partial charge in [0.1, 0.15) is 5.82 Å². The summed E-state index contributed by atoms with van der Waals surface area (Å²) in [5, 5.41) is 2.93. The molecular formula is C21H23FN4O2. The topological polar surface area (TPSA) is 65.5 Å². The van der Waals surface area contributed by atoms with E-state index in [4.69, 9.17) is 0 Å². The molecule has 3 heterocycles. The number of amides is 2. The molecule has 2 aliphatic rings. The van der Waals surface area contributed by atoms with E-state index in [0.29, 0.717) is 38.3 Å². The van der Waals surface area contributed by atoms with Crippen molar-refractivity contribution in [1.29, 1.82) is 0 Å². The molecule has 1 atom stereocenters. The monoisotopic (exact) mass is 382 g/mol. The molecule has 1 aromatic carbocycles. The Morgan fingerprint density at radius 3 is 2.71 bits per heavy atom. The van der Waals surface area contributed by atoms with E-state index in [1.807, 2.05) is 35.2 Å². The van der Waals surface area contributed by atoms with Crippen LogP contribution in [-0.4, -0.2) is 52.3 Å². The lowest BCUT2D eigenvalue weighted by Gasteiger charge is -2.44. The van der Waals surface area contributed by atoms with Crippen molar-refractivity contribution in [2.24, 2.45) is 5.92 Å². The third-order valence-electron chi connectivity index (χ3n) is 5.47. The molecule has 7 heteroatoms. The Kier molecular flexibility index (Phi) is 5.34. The molecule has 2 amide bonds. The summed E-state index contributed by atoms with van der Waals surface area (Å²) in [5.41, 5.74) is 1.65. The van der Waals surface area contributed by atoms with Gasteiger partial charge in [0.2, 0.25) is 11.8 Å². The number of nitrogens with one attached hydrogen (secondary N) is 1. The van der Waals surface area contributed by atoms with Gasteiger partial charge in [0, 0.05) is 50.9 Å². The third-order valence-corrected chi connectivity index (χ3v) is 5.47. The maximum Gasteiger partial charge on any atom is 0.225 e. The summed E-state index contributed by atoms with van der Waals surface area (Å²) in [5.74, 6) is -0.657. The first-order valence-electron chi connectivity index (χ1n) is 9.52. The predicted molar refractivity (Wildman–Crippen MR) is 101 cm³/mol. The van der Waals surface area contributed by atoms with Crippen LogP contribution in [0.25, 0.3) is 0 Å². The molecular weight excluding hydrogens is 359 g/mol. The van der Waals surface area contributed by atoms with Crippen molar-refractivity contribution in [2.75, 3.05) is 19.6 Å². The van der Waals surface area contributed by atoms with E-state index in [1.54, 1.807) is 12.3 Å². The highest BCUT2D eigenvalue weighted by molar-refractivity contribution is 5.89. The number of halogens is 1. The molecule has 0 spiro atoms. The van der Waals surface area contributed by atoms with Crippen LogP contribution in [0.2, 0.25) is 0 Å². The Balaban J connectivity index is 1.25. The minimum Gasteiger partial charge on any atom is -0.352 e. The van der Waals surface area contributed by atoms with Crippen LogP contribution in [0.4, 0.5) is 4.39 Å². The number of aromatic nitrogens is 1. The zero-order valence-electron chi connectivity index (χ0n) is 15.6. The van der Waals surface area contributed by atoms with Crippen molar-refractivity contribution < 1.29 is 14.0 Å². The summed E-state index contributed by atoms with van der Waals surface area (Å²) in [6.07, 6.45) is 3.06. The van der Waals surface area contributed by atoms with Crippen molar-refractivity contribution in [2.45, 2.75) is 25.6 Å². The second-order valence-electron chi connectivity index (χ2n) is 7.47. The minimum atomic E-state index is -0.307. The molecule has 28 heavy (non-hydrogen) atoms. The molecule has 6 nitrogen and oxygen atoms in total. The summed E-state index contributed by atoms with van der Waals surface area (Å²) in [7, 11) is 0. The van der Waals surface area contributed by atoms with Crippen LogP contribution >= 0.6 is 0 Å². The number of nitrogens with zero attached hydrogens (tertiary/aromatic N) is 3. The number of hydrogen-bond acceptors (Lipinski definition) is 4. The average molecular weight is 382 g/mol. The van der Waals surface area contributed by atoms with Crippen molar-refractivity contribution in [1.82, 2.24) is 20.1 Å². The van der Waals surface area contributed by atoms with Crippen molar-refractivity contribution >= 4 is 11.8 Å². The van der Waals surface area contributed by atoms with Crippen molar-refractivity contribution in [3.05, 3.63) is 65.7 Å². The molecule has 0 bridgehead atoms. The summed E-state index contributed by atoms with van der Waals surface area (Å²) < 4.78 is 13.7. The van der Waals surface area contributed by atoms with Crippen LogP contribution in [-0.2, 0) is 22.7 Å². The van der Waals surface area contributed by atoms with Crippen LogP contribution < -0.4 is 5.32 Å². The lowest BCUT2D eigenvalue weighted by molar-refractivity contribution is -0.133. The van der Waals surface area contributed by atoms with E-state index in [9.17, 15) is 14.0 Å². The van der Waals surface area contributed by atoms with Crippen LogP contribution in [0.1, 0.15) is 17.5 Å². The van der Waals surface area contributed by atoms with Crippen LogP contribution in [0, 0.1) is 11.7 Å². The number of hydrogen-bond donors (Lipinski definition) is 1. The van der Waals surface area contributed by atoms with Gasteiger partial charge in [-0.1, -0.05) is 30.3 Å². The molecule has 4 rings (SSSR count). The summed E-state index contributed by atoms with van der Waals surface area (Å²) in [6.45, 7) is 2.84. The molecule has 2 fully saturated rings. The quantitative estimate of drug-likeness (QED) is 0.824. The predicted octanol–water partition coefficient (Wildman–Crippen LogP) is 1.57. The average Bonchev–Trinajstić information content (AvgIpc) is 3.06. The highest BCUT2D eigenvalue weighted by atomic mass is 19.1. The smallest absolute Gasteiger partial charge is 0.225 e. The Morgan fingerprint density at radius 1 is 1.18 bits per heavy atom. The Labute approximate surface area is 163 Å². The maximum atomic E-state index is 13.7. The molecule has 1 N–H and O–H groups in total. The number of rotatable bonds is 6. The SMILES string of the molecule is O=C(NCc1ccccc1)C1CC(=O)N(C2CN(Cc3ccncc3F)C2)C1. The normalized spacial score (nSPS) is 20.2. The highest BCUT2D eigenvalue weighted by Crippen LogP contribution is 2.26. The number of benzene rings is 1. The van der Waals surface area contributed by atoms with E-state index in [1.165, 1.54) is 6.20 Å². The summed E-state index contributed by atoms with van der Waals surface area (Å²) in [6, 6.07) is 11.5. The fraction of sp³-hybridized carbons (Fsp3) is 0.381. The third kappa shape index (κ3) is 4.04. The van der Waals surface area contributed by atoms with Gasteiger partial charge in [-0.3, -0.25) is 19.5 Å². The van der Waals surface area contributed by atoms with E-state index >= 15 is 0 Å². The van der Waals surface area contributed by atoms with Crippen molar-refractivity contribution in [3.63, 3.8) is 0 Å². The first-order valence-corrected chi connectivity index (χ1v) is 9.52. The lowest BCUT2D eigenvalue weighted by Crippen LogP contribution is -2.59. The maximum absolute atomic E-state index is 13.7. The molecule has 1 aromatic heterocycles. The minimum absolute atomic E-state index is 0.0274. The fourth-order valence-corrected chi connectivity index (χ4v) is 3.83. The molecule has 1 unspecified atom stereocenters. The molecule has 0 aliphatic carbocycles. The number of carbonyl (C=O) groups is 2. The highest BCUT2D eigenvalue weighted by Gasteiger charge is 2.42. The van der Waals surface area contributed by atoms with E-state index in [2.05, 4.69) is 15.2 Å². The van der Waals surface area contributed by atoms with Gasteiger partial charge in [-0.05, 0) is 11.6 Å². The van der Waals surface area contributed by atoms with E-state index < -0.39 is 0 Å². The second kappa shape index (κ2) is 8.06. The molecule has 146 valence electrons. The Bertz CT molecular complexity index is 854. The van der Waals surface area contributed by atoms with Crippen LogP contribution in [0.15, 0.2) is 48.8 Å². The first-order chi connectivity index (χ1) is 13.6. The lowest BCUT2D eigenvalue weighted by atomic mass is 10.1. The summed E-state index contributed by atoms with van der Waals surface area (Å²) >= 11 is 0. The Hall–Kier alpha value is -2.80. The molecule has 2 aliphatic heterocycles. The first kappa shape index (κ1) is 18.6. The van der Waals surface area contributed by atoms with Crippen LogP contribution in [0.3, 0.4) is 0 Å². The molecule has 2 saturated heterocycles. The van der Waals surface area contributed by atoms with Gasteiger partial charge in [0.15, 0.2) is 0 Å². The standard InChI is InChI=1S/C21H23FN4O2/c22-19-10-23-7-6-16(19)11-25-13-18(14-25)26-12-17(8-20(26)27)21(28)24-9-15-4-2-1-3-5-15/h1-7,10,17-18H,8-9,11-14H2,(H,24,28). The van der Waals surface area contributed by atoms with Gasteiger partial charge >= 0.3 is 0 Å². The zero-order chi connectivity index (χ0) is 19.5. The Morgan fingerprint density at radius 2 is 1.96 bits per heavy atom. The van der Waals surface area contributed by atoms with Gasteiger partial charge in [-0.2, -0.15) is 0 Å². The number of likely N-dealkylation sites (tertiary alicyclic amines) is 2. The summed E-state index contributed by atoms with van der Waals surface area (Å²) in [4.78, 5) is 32.5.